The zero-order valence-electron chi connectivity index (χ0n) is 11.6. The smallest absolute Gasteiger partial charge is 0.0853 e. The molecule has 0 aromatic carbocycles. The van der Waals surface area contributed by atoms with Crippen LogP contribution in [-0.2, 0) is 9.47 Å². The highest BCUT2D eigenvalue weighted by Gasteiger charge is 2.26. The Labute approximate surface area is 111 Å². The molecule has 106 valence electrons. The summed E-state index contributed by atoms with van der Waals surface area (Å²) in [6.45, 7) is 7.21. The number of rotatable bonds is 6. The van der Waals surface area contributed by atoms with Gasteiger partial charge in [-0.05, 0) is 38.6 Å². The fourth-order valence-electron chi connectivity index (χ4n) is 2.95. The third-order valence-electron chi connectivity index (χ3n) is 4.04. The lowest BCUT2D eigenvalue weighted by atomic mass is 10.0. The van der Waals surface area contributed by atoms with Crippen molar-refractivity contribution in [3.05, 3.63) is 0 Å². The van der Waals surface area contributed by atoms with Crippen LogP contribution < -0.4 is 5.73 Å². The highest BCUT2D eigenvalue weighted by molar-refractivity contribution is 4.81. The number of ether oxygens (including phenoxy) is 2. The second kappa shape index (κ2) is 7.43. The minimum absolute atomic E-state index is 0.161. The summed E-state index contributed by atoms with van der Waals surface area (Å²) >= 11 is 0. The second-order valence-electron chi connectivity index (χ2n) is 5.59. The maximum absolute atomic E-state index is 6.28. The van der Waals surface area contributed by atoms with Crippen LogP contribution in [0.2, 0.25) is 0 Å². The molecule has 0 spiro atoms. The monoisotopic (exact) mass is 256 g/mol. The number of morpholine rings is 1. The molecule has 2 fully saturated rings. The third kappa shape index (κ3) is 4.19. The van der Waals surface area contributed by atoms with Gasteiger partial charge in [-0.15, -0.1) is 0 Å². The molecule has 4 nitrogen and oxygen atoms in total. The van der Waals surface area contributed by atoms with E-state index < -0.39 is 0 Å². The molecule has 3 unspecified atom stereocenters. The second-order valence-corrected chi connectivity index (χ2v) is 5.59. The molecular formula is C14H28N2O2. The molecule has 2 heterocycles. The van der Waals surface area contributed by atoms with Gasteiger partial charge in [-0.3, -0.25) is 4.90 Å². The lowest BCUT2D eigenvalue weighted by Crippen LogP contribution is -2.50. The fourth-order valence-corrected chi connectivity index (χ4v) is 2.95. The standard InChI is InChI=1S/C14H28N2O2/c1-2-7-16-8-10-18-14(11-16)13(15)6-5-12-4-3-9-17-12/h12-14H,2-11,15H2,1H3. The van der Waals surface area contributed by atoms with Crippen molar-refractivity contribution in [1.29, 1.82) is 0 Å². The van der Waals surface area contributed by atoms with E-state index in [-0.39, 0.29) is 12.1 Å². The normalized spacial score (nSPS) is 31.7. The molecule has 0 aromatic rings. The average Bonchev–Trinajstić information content (AvgIpc) is 2.90. The summed E-state index contributed by atoms with van der Waals surface area (Å²) in [4.78, 5) is 2.47. The first-order chi connectivity index (χ1) is 8.79. The van der Waals surface area contributed by atoms with Crippen molar-refractivity contribution in [2.45, 2.75) is 57.3 Å². The van der Waals surface area contributed by atoms with Gasteiger partial charge in [0.2, 0.25) is 0 Å². The van der Waals surface area contributed by atoms with E-state index in [1.165, 1.54) is 19.3 Å². The molecule has 2 aliphatic heterocycles. The van der Waals surface area contributed by atoms with E-state index in [0.29, 0.717) is 6.10 Å². The summed E-state index contributed by atoms with van der Waals surface area (Å²) in [5.41, 5.74) is 6.28. The van der Waals surface area contributed by atoms with Crippen LogP contribution >= 0.6 is 0 Å². The van der Waals surface area contributed by atoms with Crippen LogP contribution in [0, 0.1) is 0 Å². The van der Waals surface area contributed by atoms with E-state index >= 15 is 0 Å². The van der Waals surface area contributed by atoms with Crippen LogP contribution in [-0.4, -0.2) is 56.0 Å². The van der Waals surface area contributed by atoms with Crippen molar-refractivity contribution in [2.24, 2.45) is 5.73 Å². The molecule has 0 bridgehead atoms. The fraction of sp³-hybridized carbons (Fsp3) is 1.00. The summed E-state index contributed by atoms with van der Waals surface area (Å²) in [5.74, 6) is 0. The Kier molecular flexibility index (Phi) is 5.89. The largest absolute Gasteiger partial charge is 0.378 e. The molecule has 2 rings (SSSR count). The van der Waals surface area contributed by atoms with Gasteiger partial charge >= 0.3 is 0 Å². The first-order valence-corrected chi connectivity index (χ1v) is 7.50. The molecule has 0 saturated carbocycles. The summed E-state index contributed by atoms with van der Waals surface area (Å²) in [7, 11) is 0. The van der Waals surface area contributed by atoms with E-state index in [9.17, 15) is 0 Å². The number of nitrogens with zero attached hydrogens (tertiary/aromatic N) is 1. The topological polar surface area (TPSA) is 47.7 Å². The van der Waals surface area contributed by atoms with Gasteiger partial charge in [-0.1, -0.05) is 6.92 Å². The Morgan fingerprint density at radius 3 is 2.94 bits per heavy atom. The molecule has 3 atom stereocenters. The van der Waals surface area contributed by atoms with Crippen LogP contribution in [0.1, 0.15) is 39.0 Å². The molecule has 0 amide bonds. The number of hydrogen-bond donors (Lipinski definition) is 1. The van der Waals surface area contributed by atoms with E-state index in [1.807, 2.05) is 0 Å². The minimum atomic E-state index is 0.161. The maximum Gasteiger partial charge on any atom is 0.0853 e. The van der Waals surface area contributed by atoms with Gasteiger partial charge in [0.15, 0.2) is 0 Å². The van der Waals surface area contributed by atoms with Gasteiger partial charge in [0, 0.05) is 25.7 Å². The summed E-state index contributed by atoms with van der Waals surface area (Å²) < 4.78 is 11.5. The highest BCUT2D eigenvalue weighted by atomic mass is 16.5. The first kappa shape index (κ1) is 14.3. The lowest BCUT2D eigenvalue weighted by molar-refractivity contribution is -0.0431. The van der Waals surface area contributed by atoms with Crippen LogP contribution in [0.25, 0.3) is 0 Å². The summed E-state index contributed by atoms with van der Waals surface area (Å²) in [6.07, 6.45) is 6.41. The van der Waals surface area contributed by atoms with Gasteiger partial charge in [-0.2, -0.15) is 0 Å². The molecular weight excluding hydrogens is 228 g/mol. The zero-order valence-corrected chi connectivity index (χ0v) is 11.6. The van der Waals surface area contributed by atoms with E-state index in [1.54, 1.807) is 0 Å². The van der Waals surface area contributed by atoms with Crippen LogP contribution in [0.5, 0.6) is 0 Å². The summed E-state index contributed by atoms with van der Waals surface area (Å²) in [6, 6.07) is 0.161. The predicted molar refractivity (Wildman–Crippen MR) is 72.7 cm³/mol. The average molecular weight is 256 g/mol. The maximum atomic E-state index is 6.28. The van der Waals surface area contributed by atoms with Gasteiger partial charge < -0.3 is 15.2 Å². The van der Waals surface area contributed by atoms with Gasteiger partial charge in [0.1, 0.15) is 0 Å². The van der Waals surface area contributed by atoms with Crippen molar-refractivity contribution >= 4 is 0 Å². The van der Waals surface area contributed by atoms with E-state index in [2.05, 4.69) is 11.8 Å². The Hall–Kier alpha value is -0.160. The molecule has 2 saturated heterocycles. The molecule has 0 aliphatic carbocycles. The Morgan fingerprint density at radius 1 is 1.33 bits per heavy atom. The Morgan fingerprint density at radius 2 is 2.22 bits per heavy atom. The molecule has 2 N–H and O–H groups in total. The van der Waals surface area contributed by atoms with Crippen molar-refractivity contribution in [2.75, 3.05) is 32.8 Å². The summed E-state index contributed by atoms with van der Waals surface area (Å²) in [5, 5.41) is 0. The van der Waals surface area contributed by atoms with Gasteiger partial charge in [-0.25, -0.2) is 0 Å². The van der Waals surface area contributed by atoms with Crippen molar-refractivity contribution in [3.8, 4) is 0 Å². The zero-order chi connectivity index (χ0) is 12.8. The van der Waals surface area contributed by atoms with Crippen LogP contribution in [0.3, 0.4) is 0 Å². The van der Waals surface area contributed by atoms with Crippen molar-refractivity contribution < 1.29 is 9.47 Å². The quantitative estimate of drug-likeness (QED) is 0.780. The van der Waals surface area contributed by atoms with E-state index in [4.69, 9.17) is 15.2 Å². The first-order valence-electron chi connectivity index (χ1n) is 7.50. The Bertz CT molecular complexity index is 230. The minimum Gasteiger partial charge on any atom is -0.378 e. The van der Waals surface area contributed by atoms with Crippen LogP contribution in [0.4, 0.5) is 0 Å². The van der Waals surface area contributed by atoms with Crippen LogP contribution in [0.15, 0.2) is 0 Å². The van der Waals surface area contributed by atoms with Gasteiger partial charge in [0.25, 0.3) is 0 Å². The lowest BCUT2D eigenvalue weighted by Gasteiger charge is -2.35. The number of nitrogens with two attached hydrogens (primary N) is 1. The highest BCUT2D eigenvalue weighted by Crippen LogP contribution is 2.19. The Balaban J connectivity index is 1.68. The van der Waals surface area contributed by atoms with Crippen molar-refractivity contribution in [1.82, 2.24) is 4.90 Å². The molecule has 2 aliphatic rings. The molecule has 4 heteroatoms. The molecule has 0 aromatic heterocycles. The van der Waals surface area contributed by atoms with Gasteiger partial charge in [0.05, 0.1) is 18.8 Å². The SMILES string of the molecule is CCCN1CCOC(C(N)CCC2CCCO2)C1. The molecule has 0 radical (unpaired) electrons. The number of hydrogen-bond acceptors (Lipinski definition) is 4. The van der Waals surface area contributed by atoms with Crippen molar-refractivity contribution in [3.63, 3.8) is 0 Å². The molecule has 18 heavy (non-hydrogen) atoms. The van der Waals surface area contributed by atoms with E-state index in [0.717, 1.165) is 45.7 Å². The predicted octanol–water partition coefficient (Wildman–Crippen LogP) is 1.38. The third-order valence-corrected chi connectivity index (χ3v) is 4.04.